The predicted octanol–water partition coefficient (Wildman–Crippen LogP) is 6.56. The number of hydrogen-bond donors (Lipinski definition) is 0. The van der Waals surface area contributed by atoms with Crippen LogP contribution in [0.15, 0.2) is 71.2 Å². The summed E-state index contributed by atoms with van der Waals surface area (Å²) >= 11 is 15.3. The highest BCUT2D eigenvalue weighted by molar-refractivity contribution is 9.10. The zero-order valence-corrected chi connectivity index (χ0v) is 16.2. The van der Waals surface area contributed by atoms with Crippen LogP contribution >= 0.6 is 39.1 Å². The summed E-state index contributed by atoms with van der Waals surface area (Å²) in [7, 11) is 0. The van der Waals surface area contributed by atoms with Gasteiger partial charge in [0.05, 0.1) is 0 Å². The minimum atomic E-state index is -0.0486. The van der Waals surface area contributed by atoms with Gasteiger partial charge in [0.1, 0.15) is 10.3 Å². The van der Waals surface area contributed by atoms with Crippen molar-refractivity contribution in [3.8, 4) is 0 Å². The molecule has 0 aliphatic heterocycles. The van der Waals surface area contributed by atoms with Crippen molar-refractivity contribution < 1.29 is 4.79 Å². The number of Topliss-reactive ketones (excluding diaryl/α,β-unsaturated/α-hetero) is 1. The Morgan fingerprint density at radius 3 is 2.08 bits per heavy atom. The Labute approximate surface area is 164 Å². The molecule has 5 heteroatoms. The number of aromatic nitrogens is 1. The van der Waals surface area contributed by atoms with Gasteiger partial charge in [0.25, 0.3) is 0 Å². The Balaban J connectivity index is 1.95. The van der Waals surface area contributed by atoms with E-state index in [2.05, 4.69) is 20.9 Å². The fourth-order valence-electron chi connectivity index (χ4n) is 2.74. The van der Waals surface area contributed by atoms with Crippen LogP contribution in [0.3, 0.4) is 0 Å². The van der Waals surface area contributed by atoms with Crippen molar-refractivity contribution in [3.63, 3.8) is 0 Å². The molecule has 3 rings (SSSR count). The number of hydrogen-bond acceptors (Lipinski definition) is 2. The van der Waals surface area contributed by atoms with Gasteiger partial charge < -0.3 is 0 Å². The highest BCUT2D eigenvalue weighted by Gasteiger charge is 2.20. The van der Waals surface area contributed by atoms with Gasteiger partial charge in [-0.15, -0.1) is 0 Å². The molecular weight excluding hydrogens is 421 g/mol. The molecule has 0 bridgehead atoms. The Hall–Kier alpha value is -1.68. The van der Waals surface area contributed by atoms with Gasteiger partial charge in [-0.2, -0.15) is 0 Å². The monoisotopic (exact) mass is 433 g/mol. The van der Waals surface area contributed by atoms with Crippen LogP contribution in [0.1, 0.15) is 33.8 Å². The van der Waals surface area contributed by atoms with Crippen molar-refractivity contribution >= 4 is 44.9 Å². The summed E-state index contributed by atoms with van der Waals surface area (Å²) in [5.74, 6) is -0.0736. The lowest BCUT2D eigenvalue weighted by molar-refractivity contribution is 0.0977. The minimum Gasteiger partial charge on any atom is -0.294 e. The molecule has 1 unspecified atom stereocenters. The lowest BCUT2D eigenvalue weighted by Gasteiger charge is -2.18. The van der Waals surface area contributed by atoms with Crippen LogP contribution in [0.25, 0.3) is 0 Å². The zero-order chi connectivity index (χ0) is 17.8. The third-order valence-electron chi connectivity index (χ3n) is 3.95. The number of carbonyl (C=O) groups is 1. The average Bonchev–Trinajstić information content (AvgIpc) is 2.60. The quantitative estimate of drug-likeness (QED) is 0.336. The van der Waals surface area contributed by atoms with Crippen LogP contribution in [-0.2, 0) is 0 Å². The number of carbonyl (C=O) groups excluding carboxylic acids is 1. The molecule has 0 saturated heterocycles. The van der Waals surface area contributed by atoms with Gasteiger partial charge in [0.15, 0.2) is 5.78 Å². The molecule has 2 nitrogen and oxygen atoms in total. The molecule has 0 amide bonds. The number of halogens is 3. The van der Waals surface area contributed by atoms with Gasteiger partial charge in [0, 0.05) is 22.4 Å². The lowest BCUT2D eigenvalue weighted by Crippen LogP contribution is -2.09. The van der Waals surface area contributed by atoms with Crippen molar-refractivity contribution in [2.24, 2.45) is 0 Å². The van der Waals surface area contributed by atoms with Gasteiger partial charge in [-0.05, 0) is 35.4 Å². The Bertz CT molecular complexity index is 862. The van der Waals surface area contributed by atoms with E-state index in [1.807, 2.05) is 54.6 Å². The van der Waals surface area contributed by atoms with E-state index < -0.39 is 0 Å². The smallest absolute Gasteiger partial charge is 0.164 e. The predicted molar refractivity (Wildman–Crippen MR) is 106 cm³/mol. The highest BCUT2D eigenvalue weighted by atomic mass is 79.9. The summed E-state index contributed by atoms with van der Waals surface area (Å²) in [6, 6.07) is 21.1. The Kier molecular flexibility index (Phi) is 5.89. The topological polar surface area (TPSA) is 30.0 Å². The van der Waals surface area contributed by atoms with E-state index in [-0.39, 0.29) is 22.0 Å². The number of benzene rings is 2. The maximum Gasteiger partial charge on any atom is 0.164 e. The van der Waals surface area contributed by atoms with E-state index in [1.54, 1.807) is 12.1 Å². The molecule has 3 aromatic rings. The first kappa shape index (κ1) is 18.1. The molecule has 0 radical (unpaired) electrons. The third kappa shape index (κ3) is 4.69. The SMILES string of the molecule is O=C(CC(c1ccccc1)c1ccc(Br)cc1)c1cc(Cl)nc(Cl)c1. The van der Waals surface area contributed by atoms with Gasteiger partial charge in [0.2, 0.25) is 0 Å². The fourth-order valence-corrected chi connectivity index (χ4v) is 3.46. The lowest BCUT2D eigenvalue weighted by atomic mass is 9.86. The standard InChI is InChI=1S/C20H14BrCl2NO/c21-16-8-6-14(7-9-16)17(13-4-2-1-3-5-13)12-18(25)15-10-19(22)24-20(23)11-15/h1-11,17H,12H2. The summed E-state index contributed by atoms with van der Waals surface area (Å²) in [5, 5.41) is 0.437. The molecule has 1 aromatic heterocycles. The molecule has 0 fully saturated rings. The van der Waals surface area contributed by atoms with Gasteiger partial charge >= 0.3 is 0 Å². The summed E-state index contributed by atoms with van der Waals surface area (Å²) < 4.78 is 1.00. The van der Waals surface area contributed by atoms with E-state index in [1.165, 1.54) is 0 Å². The Morgan fingerprint density at radius 1 is 0.920 bits per heavy atom. The molecule has 1 atom stereocenters. The molecule has 0 aliphatic rings. The van der Waals surface area contributed by atoms with Crippen LogP contribution in [0.4, 0.5) is 0 Å². The van der Waals surface area contributed by atoms with Crippen LogP contribution in [-0.4, -0.2) is 10.8 Å². The number of pyridine rings is 1. The average molecular weight is 435 g/mol. The second-order valence-corrected chi connectivity index (χ2v) is 7.33. The van der Waals surface area contributed by atoms with Crippen molar-refractivity contribution in [1.82, 2.24) is 4.98 Å². The van der Waals surface area contributed by atoms with Crippen LogP contribution in [0.2, 0.25) is 10.3 Å². The van der Waals surface area contributed by atoms with Crippen molar-refractivity contribution in [2.75, 3.05) is 0 Å². The zero-order valence-electron chi connectivity index (χ0n) is 13.1. The number of nitrogens with zero attached hydrogens (tertiary/aromatic N) is 1. The Morgan fingerprint density at radius 2 is 1.48 bits per heavy atom. The molecule has 1 heterocycles. The van der Waals surface area contributed by atoms with E-state index in [0.717, 1.165) is 15.6 Å². The van der Waals surface area contributed by atoms with Gasteiger partial charge in [-0.25, -0.2) is 4.98 Å². The summed E-state index contributed by atoms with van der Waals surface area (Å²) in [6.45, 7) is 0. The van der Waals surface area contributed by atoms with Crippen molar-refractivity contribution in [1.29, 1.82) is 0 Å². The number of rotatable bonds is 5. The maximum absolute atomic E-state index is 12.8. The number of ketones is 1. The molecular formula is C20H14BrCl2NO. The van der Waals surface area contributed by atoms with E-state index in [9.17, 15) is 4.79 Å². The van der Waals surface area contributed by atoms with Crippen LogP contribution in [0, 0.1) is 0 Å². The van der Waals surface area contributed by atoms with Crippen LogP contribution < -0.4 is 0 Å². The summed E-state index contributed by atoms with van der Waals surface area (Å²) in [4.78, 5) is 16.7. The molecule has 0 spiro atoms. The van der Waals surface area contributed by atoms with Crippen LogP contribution in [0.5, 0.6) is 0 Å². The van der Waals surface area contributed by atoms with Crippen molar-refractivity contribution in [2.45, 2.75) is 12.3 Å². The first-order valence-electron chi connectivity index (χ1n) is 7.69. The second kappa shape index (κ2) is 8.13. The molecule has 25 heavy (non-hydrogen) atoms. The van der Waals surface area contributed by atoms with E-state index >= 15 is 0 Å². The molecule has 0 saturated carbocycles. The summed E-state index contributed by atoms with van der Waals surface area (Å²) in [6.07, 6.45) is 0.322. The van der Waals surface area contributed by atoms with Gasteiger partial charge in [-0.3, -0.25) is 4.79 Å². The second-order valence-electron chi connectivity index (χ2n) is 5.64. The first-order chi connectivity index (χ1) is 12.0. The largest absolute Gasteiger partial charge is 0.294 e. The molecule has 2 aromatic carbocycles. The maximum atomic E-state index is 12.8. The van der Waals surface area contributed by atoms with E-state index in [0.29, 0.717) is 12.0 Å². The highest BCUT2D eigenvalue weighted by Crippen LogP contribution is 2.31. The summed E-state index contributed by atoms with van der Waals surface area (Å²) in [5.41, 5.74) is 2.64. The molecule has 0 N–H and O–H groups in total. The van der Waals surface area contributed by atoms with Crippen molar-refractivity contribution in [3.05, 3.63) is 98.2 Å². The molecule has 0 aliphatic carbocycles. The molecule has 126 valence electrons. The van der Waals surface area contributed by atoms with Gasteiger partial charge in [-0.1, -0.05) is 81.6 Å². The third-order valence-corrected chi connectivity index (χ3v) is 4.86. The fraction of sp³-hybridized carbons (Fsp3) is 0.100. The van der Waals surface area contributed by atoms with E-state index in [4.69, 9.17) is 23.2 Å². The normalized spacial score (nSPS) is 12.0. The first-order valence-corrected chi connectivity index (χ1v) is 9.24. The minimum absolute atomic E-state index is 0.0250.